The van der Waals surface area contributed by atoms with E-state index in [9.17, 15) is 8.42 Å². The van der Waals surface area contributed by atoms with Gasteiger partial charge in [0.2, 0.25) is 0 Å². The standard InChI is InChI=1S/C6H15NO3S.Na.H/c1-3-6(4-2)5-10-11(7,8)9;;/h6H,3-5H2,1-2H3,(H2,7,8,9);;/q;+1;-1. The quantitative estimate of drug-likeness (QED) is 0.516. The smallest absolute Gasteiger partial charge is 1.00 e. The van der Waals surface area contributed by atoms with E-state index in [0.717, 1.165) is 12.8 Å². The van der Waals surface area contributed by atoms with Crippen molar-refractivity contribution in [2.75, 3.05) is 6.61 Å². The minimum atomic E-state index is -3.74. The zero-order chi connectivity index (χ0) is 8.91. The fraction of sp³-hybridized carbons (Fsp3) is 1.00. The number of rotatable bonds is 5. The maximum Gasteiger partial charge on any atom is 1.00 e. The molecule has 0 aromatic carbocycles. The predicted molar refractivity (Wildman–Crippen MR) is 44.2 cm³/mol. The first-order valence-corrected chi connectivity index (χ1v) is 5.13. The van der Waals surface area contributed by atoms with Crippen molar-refractivity contribution in [3.8, 4) is 0 Å². The van der Waals surface area contributed by atoms with Crippen molar-refractivity contribution in [2.24, 2.45) is 11.1 Å². The maximum absolute atomic E-state index is 10.3. The van der Waals surface area contributed by atoms with Crippen LogP contribution in [0.5, 0.6) is 0 Å². The molecule has 0 aliphatic carbocycles. The molecule has 70 valence electrons. The fourth-order valence-corrected chi connectivity index (χ4v) is 1.10. The Bertz CT molecular complexity index is 194. The van der Waals surface area contributed by atoms with Crippen LogP contribution in [0.1, 0.15) is 28.1 Å². The van der Waals surface area contributed by atoms with E-state index in [0.29, 0.717) is 0 Å². The molecule has 6 heteroatoms. The molecule has 0 aromatic heterocycles. The van der Waals surface area contributed by atoms with Crippen molar-refractivity contribution in [2.45, 2.75) is 26.7 Å². The molecule has 0 fully saturated rings. The molecule has 0 atom stereocenters. The second-order valence-electron chi connectivity index (χ2n) is 2.46. The van der Waals surface area contributed by atoms with Crippen LogP contribution < -0.4 is 34.7 Å². The molecule has 0 unspecified atom stereocenters. The van der Waals surface area contributed by atoms with Crippen molar-refractivity contribution in [3.63, 3.8) is 0 Å². The number of hydrogen-bond acceptors (Lipinski definition) is 3. The fourth-order valence-electron chi connectivity index (χ4n) is 0.715. The Balaban J connectivity index is -0.000000500. The first-order chi connectivity index (χ1) is 4.99. The van der Waals surface area contributed by atoms with Gasteiger partial charge in [-0.05, 0) is 5.92 Å². The Labute approximate surface area is 97.9 Å². The van der Waals surface area contributed by atoms with Gasteiger partial charge in [-0.15, -0.1) is 0 Å². The Hall–Kier alpha value is 0.870. The molecule has 0 aliphatic rings. The van der Waals surface area contributed by atoms with Crippen molar-refractivity contribution >= 4 is 10.3 Å². The third-order valence-corrected chi connectivity index (χ3v) is 2.09. The molecule has 0 bridgehead atoms. The van der Waals surface area contributed by atoms with Gasteiger partial charge in [0.25, 0.3) is 0 Å². The average Bonchev–Trinajstić information content (AvgIpc) is 1.88. The molecular formula is C6H16NNaO3S. The second-order valence-corrected chi connectivity index (χ2v) is 3.68. The van der Waals surface area contributed by atoms with Gasteiger partial charge in [0.15, 0.2) is 0 Å². The zero-order valence-electron chi connectivity index (χ0n) is 8.91. The SMILES string of the molecule is CCC(CC)COS(N)(=O)=O.[H-].[Na+]. The van der Waals surface area contributed by atoms with E-state index < -0.39 is 10.3 Å². The monoisotopic (exact) mass is 205 g/mol. The molecule has 0 spiro atoms. The van der Waals surface area contributed by atoms with E-state index >= 15 is 0 Å². The zero-order valence-corrected chi connectivity index (χ0v) is 10.7. The normalized spacial score (nSPS) is 11.3. The van der Waals surface area contributed by atoms with Gasteiger partial charge in [0.05, 0.1) is 6.61 Å². The van der Waals surface area contributed by atoms with E-state index in [1.54, 1.807) is 0 Å². The summed E-state index contributed by atoms with van der Waals surface area (Å²) >= 11 is 0. The summed E-state index contributed by atoms with van der Waals surface area (Å²) in [6.45, 7) is 4.17. The predicted octanol–water partition coefficient (Wildman–Crippen LogP) is -2.24. The molecule has 0 rings (SSSR count). The summed E-state index contributed by atoms with van der Waals surface area (Å²) in [6, 6.07) is 0. The number of nitrogens with two attached hydrogens (primary N) is 1. The van der Waals surface area contributed by atoms with Crippen LogP contribution in [-0.4, -0.2) is 15.0 Å². The molecule has 0 saturated heterocycles. The van der Waals surface area contributed by atoms with Gasteiger partial charge >= 0.3 is 39.9 Å². The molecule has 4 nitrogen and oxygen atoms in total. The minimum absolute atomic E-state index is 0. The molecule has 0 radical (unpaired) electrons. The summed E-state index contributed by atoms with van der Waals surface area (Å²) < 4.78 is 25.1. The van der Waals surface area contributed by atoms with Crippen LogP contribution >= 0.6 is 0 Å². The molecular weight excluding hydrogens is 189 g/mol. The summed E-state index contributed by atoms with van der Waals surface area (Å²) in [5.41, 5.74) is 0. The molecule has 0 saturated carbocycles. The first-order valence-electron chi connectivity index (χ1n) is 3.66. The van der Waals surface area contributed by atoms with Gasteiger partial charge in [-0.2, -0.15) is 8.42 Å². The van der Waals surface area contributed by atoms with Crippen LogP contribution in [0.2, 0.25) is 0 Å². The van der Waals surface area contributed by atoms with Crippen molar-refractivity contribution in [1.29, 1.82) is 0 Å². The summed E-state index contributed by atoms with van der Waals surface area (Å²) in [5, 5.41) is 4.64. The molecule has 0 aromatic rings. The van der Waals surface area contributed by atoms with Gasteiger partial charge in [0, 0.05) is 0 Å². The largest absolute Gasteiger partial charge is 1.00 e. The Morgan fingerprint density at radius 3 is 2.08 bits per heavy atom. The molecule has 0 aliphatic heterocycles. The van der Waals surface area contributed by atoms with Gasteiger partial charge in [-0.3, -0.25) is 4.18 Å². The summed E-state index contributed by atoms with van der Waals surface area (Å²) in [5.74, 6) is 0.285. The average molecular weight is 205 g/mol. The van der Waals surface area contributed by atoms with Crippen molar-refractivity contribution < 1.29 is 43.6 Å². The van der Waals surface area contributed by atoms with Gasteiger partial charge in [-0.25, -0.2) is 5.14 Å². The van der Waals surface area contributed by atoms with Crippen LogP contribution in [0.3, 0.4) is 0 Å². The van der Waals surface area contributed by atoms with E-state index in [2.05, 4.69) is 9.32 Å². The molecule has 0 amide bonds. The van der Waals surface area contributed by atoms with Crippen LogP contribution in [0, 0.1) is 5.92 Å². The second kappa shape index (κ2) is 7.29. The first kappa shape index (κ1) is 15.3. The van der Waals surface area contributed by atoms with Crippen LogP contribution in [-0.2, 0) is 14.5 Å². The third-order valence-electron chi connectivity index (χ3n) is 1.62. The van der Waals surface area contributed by atoms with Crippen LogP contribution in [0.25, 0.3) is 0 Å². The van der Waals surface area contributed by atoms with Gasteiger partial charge < -0.3 is 1.43 Å². The topological polar surface area (TPSA) is 69.4 Å². The van der Waals surface area contributed by atoms with Gasteiger partial charge in [0.1, 0.15) is 0 Å². The van der Waals surface area contributed by atoms with Crippen molar-refractivity contribution in [3.05, 3.63) is 0 Å². The van der Waals surface area contributed by atoms with Gasteiger partial charge in [-0.1, -0.05) is 26.7 Å². The summed E-state index contributed by atoms with van der Waals surface area (Å²) in [7, 11) is -3.74. The van der Waals surface area contributed by atoms with Crippen LogP contribution in [0.4, 0.5) is 0 Å². The summed E-state index contributed by atoms with van der Waals surface area (Å²) in [4.78, 5) is 0. The van der Waals surface area contributed by atoms with Crippen molar-refractivity contribution in [1.82, 2.24) is 0 Å². The van der Waals surface area contributed by atoms with E-state index in [1.165, 1.54) is 0 Å². The Morgan fingerprint density at radius 1 is 1.42 bits per heavy atom. The maximum atomic E-state index is 10.3. The number of hydrogen-bond donors (Lipinski definition) is 1. The van der Waals surface area contributed by atoms with E-state index in [4.69, 9.17) is 0 Å². The minimum Gasteiger partial charge on any atom is -1.00 e. The molecule has 12 heavy (non-hydrogen) atoms. The van der Waals surface area contributed by atoms with E-state index in [-0.39, 0.29) is 43.5 Å². The Morgan fingerprint density at radius 2 is 1.83 bits per heavy atom. The third kappa shape index (κ3) is 8.96. The van der Waals surface area contributed by atoms with Crippen LogP contribution in [0.15, 0.2) is 0 Å². The Kier molecular flexibility index (Phi) is 9.32. The van der Waals surface area contributed by atoms with E-state index in [1.807, 2.05) is 13.8 Å². The summed E-state index contributed by atoms with van der Waals surface area (Å²) in [6.07, 6.45) is 1.82. The molecule has 0 heterocycles. The molecule has 2 N–H and O–H groups in total.